The Morgan fingerprint density at radius 3 is 1.71 bits per heavy atom. The molecule has 0 aliphatic rings. The van der Waals surface area contributed by atoms with Crippen LogP contribution in [0.2, 0.25) is 0 Å². The third kappa shape index (κ3) is 2.74. The number of benzene rings is 2. The molecule has 0 aromatic heterocycles. The van der Waals surface area contributed by atoms with Crippen LogP contribution in [0.5, 0.6) is 0 Å². The van der Waals surface area contributed by atoms with Crippen molar-refractivity contribution in [3.8, 4) is 0 Å². The SMILES string of the molecule is Fc1cc[c]([Sb]([Cl])([Cl])([Cl])[c]2ccccc2)cc1. The van der Waals surface area contributed by atoms with Gasteiger partial charge in [-0.3, -0.25) is 0 Å². The number of halogens is 4. The van der Waals surface area contributed by atoms with Gasteiger partial charge in [0.25, 0.3) is 0 Å². The molecule has 0 aliphatic carbocycles. The van der Waals surface area contributed by atoms with Crippen molar-refractivity contribution in [1.29, 1.82) is 0 Å². The summed E-state index contributed by atoms with van der Waals surface area (Å²) in [5.41, 5.74) is 0. The predicted octanol–water partition coefficient (Wildman–Crippen LogP) is 3.55. The molecule has 0 spiro atoms. The van der Waals surface area contributed by atoms with Crippen LogP contribution >= 0.6 is 26.5 Å². The quantitative estimate of drug-likeness (QED) is 0.677. The fraction of sp³-hybridized carbons (Fsp3) is 0. The Labute approximate surface area is 111 Å². The molecule has 2 aromatic rings. The van der Waals surface area contributed by atoms with E-state index in [1.807, 2.05) is 18.2 Å². The average Bonchev–Trinajstić information content (AvgIpc) is 2.30. The molecule has 0 heterocycles. The molecule has 0 N–H and O–H groups in total. The first-order valence-electron chi connectivity index (χ1n) is 4.88. The molecule has 0 amide bonds. The molecule has 90 valence electrons. The van der Waals surface area contributed by atoms with E-state index in [0.717, 1.165) is 3.51 Å². The van der Waals surface area contributed by atoms with Crippen molar-refractivity contribution in [2.24, 2.45) is 0 Å². The Bertz CT molecular complexity index is 517. The predicted molar refractivity (Wildman–Crippen MR) is 75.4 cm³/mol. The first kappa shape index (κ1) is 13.5. The van der Waals surface area contributed by atoms with E-state index in [-0.39, 0.29) is 5.82 Å². The molecule has 0 fully saturated rings. The van der Waals surface area contributed by atoms with Gasteiger partial charge in [0, 0.05) is 0 Å². The molecule has 17 heavy (non-hydrogen) atoms. The summed E-state index contributed by atoms with van der Waals surface area (Å²) in [6.45, 7) is 0. The molecule has 5 heteroatoms. The van der Waals surface area contributed by atoms with Gasteiger partial charge in [0.05, 0.1) is 0 Å². The average molecular weight is 400 g/mol. The van der Waals surface area contributed by atoms with Crippen LogP contribution in [-0.2, 0) is 0 Å². The van der Waals surface area contributed by atoms with Gasteiger partial charge in [-0.15, -0.1) is 0 Å². The van der Waals surface area contributed by atoms with Gasteiger partial charge in [-0.05, 0) is 0 Å². The molecular weight excluding hydrogens is 391 g/mol. The molecule has 0 saturated heterocycles. The third-order valence-electron chi connectivity index (χ3n) is 2.43. The molecule has 2 aromatic carbocycles. The first-order valence-corrected chi connectivity index (χ1v) is 17.1. The van der Waals surface area contributed by atoms with Crippen molar-refractivity contribution in [3.05, 3.63) is 60.4 Å². The molecule has 0 nitrogen and oxygen atoms in total. The van der Waals surface area contributed by atoms with Crippen LogP contribution in [0.1, 0.15) is 0 Å². The summed E-state index contributed by atoms with van der Waals surface area (Å²) < 4.78 is 14.2. The van der Waals surface area contributed by atoms with Crippen LogP contribution in [0.4, 0.5) is 4.39 Å². The molecule has 2 rings (SSSR count). The monoisotopic (exact) mass is 398 g/mol. The van der Waals surface area contributed by atoms with Gasteiger partial charge >= 0.3 is 112 Å². The summed E-state index contributed by atoms with van der Waals surface area (Å²) >= 11 is -4.58. The first-order chi connectivity index (χ1) is 7.88. The molecule has 0 aliphatic heterocycles. The van der Waals surface area contributed by atoms with E-state index in [0.29, 0.717) is 3.51 Å². The molecule has 0 radical (unpaired) electrons. The van der Waals surface area contributed by atoms with E-state index in [1.54, 1.807) is 24.3 Å². The van der Waals surface area contributed by atoms with Gasteiger partial charge in [-0.25, -0.2) is 0 Å². The zero-order valence-electron chi connectivity index (χ0n) is 8.66. The molecule has 0 saturated carbocycles. The number of rotatable bonds is 2. The summed E-state index contributed by atoms with van der Waals surface area (Å²) in [6, 6.07) is 14.9. The van der Waals surface area contributed by atoms with Crippen molar-refractivity contribution < 1.29 is 4.39 Å². The molecule has 0 unspecified atom stereocenters. The van der Waals surface area contributed by atoms with Crippen molar-refractivity contribution in [2.45, 2.75) is 0 Å². The molecule has 0 atom stereocenters. The summed E-state index contributed by atoms with van der Waals surface area (Å²) in [5.74, 6) is -0.337. The van der Waals surface area contributed by atoms with Crippen molar-refractivity contribution >= 4 is 47.5 Å². The van der Waals surface area contributed by atoms with Crippen LogP contribution < -0.4 is 7.02 Å². The van der Waals surface area contributed by atoms with E-state index in [9.17, 15) is 4.39 Å². The van der Waals surface area contributed by atoms with E-state index in [1.165, 1.54) is 12.1 Å². The maximum absolute atomic E-state index is 12.9. The summed E-state index contributed by atoms with van der Waals surface area (Å²) in [5, 5.41) is 0. The Morgan fingerprint density at radius 1 is 0.706 bits per heavy atom. The maximum atomic E-state index is 12.9. The van der Waals surface area contributed by atoms with Crippen molar-refractivity contribution in [2.75, 3.05) is 0 Å². The summed E-state index contributed by atoms with van der Waals surface area (Å²) in [6.07, 6.45) is 0. The van der Waals surface area contributed by atoms with Gasteiger partial charge < -0.3 is 0 Å². The fourth-order valence-electron chi connectivity index (χ4n) is 1.51. The molecule has 0 bridgehead atoms. The Balaban J connectivity index is 2.57. The van der Waals surface area contributed by atoms with Gasteiger partial charge in [-0.2, -0.15) is 0 Å². The van der Waals surface area contributed by atoms with Gasteiger partial charge in [0.2, 0.25) is 0 Å². The fourth-order valence-corrected chi connectivity index (χ4v) is 10.6. The summed E-state index contributed by atoms with van der Waals surface area (Å²) in [4.78, 5) is 0. The third-order valence-corrected chi connectivity index (χ3v) is 16.8. The van der Waals surface area contributed by atoms with E-state index >= 15 is 0 Å². The summed E-state index contributed by atoms with van der Waals surface area (Å²) in [7, 11) is 19.5. The van der Waals surface area contributed by atoms with E-state index in [4.69, 9.17) is 26.5 Å². The topological polar surface area (TPSA) is 0 Å². The zero-order chi connectivity index (χ0) is 12.5. The molecular formula is C12H9Cl3FSb. The standard InChI is InChI=1S/C6H4F.C6H5.3ClH.Sb/c7-6-4-2-1-3-5-6;1-2-4-6-5-3-1;;;;/h2-5H;1-5H;3*1H;/q;;;;;+3/p-3. The zero-order valence-corrected chi connectivity index (χ0v) is 13.5. The van der Waals surface area contributed by atoms with Gasteiger partial charge in [0.1, 0.15) is 0 Å². The van der Waals surface area contributed by atoms with Crippen LogP contribution in [0, 0.1) is 5.82 Å². The minimum absolute atomic E-state index is 0.337. The van der Waals surface area contributed by atoms with Crippen LogP contribution in [-0.4, -0.2) is 14.0 Å². The van der Waals surface area contributed by atoms with Gasteiger partial charge in [-0.1, -0.05) is 0 Å². The minimum atomic E-state index is -4.58. The number of hydrogen-bond acceptors (Lipinski definition) is 0. The number of hydrogen-bond donors (Lipinski definition) is 0. The van der Waals surface area contributed by atoms with Crippen LogP contribution in [0.15, 0.2) is 54.6 Å². The second-order valence-corrected chi connectivity index (χ2v) is 28.3. The Kier molecular flexibility index (Phi) is 3.67. The Hall–Kier alpha value is 0.0582. The van der Waals surface area contributed by atoms with E-state index < -0.39 is 14.0 Å². The van der Waals surface area contributed by atoms with Gasteiger partial charge in [0.15, 0.2) is 0 Å². The second kappa shape index (κ2) is 4.63. The Morgan fingerprint density at radius 2 is 1.18 bits per heavy atom. The van der Waals surface area contributed by atoms with Crippen molar-refractivity contribution in [1.82, 2.24) is 0 Å². The van der Waals surface area contributed by atoms with Crippen LogP contribution in [0.25, 0.3) is 0 Å². The van der Waals surface area contributed by atoms with E-state index in [2.05, 4.69) is 0 Å². The normalized spacial score (nSPS) is 14.0. The second-order valence-electron chi connectivity index (χ2n) is 3.62. The van der Waals surface area contributed by atoms with Crippen molar-refractivity contribution in [3.63, 3.8) is 0 Å². The van der Waals surface area contributed by atoms with Crippen LogP contribution in [0.3, 0.4) is 0 Å².